The molecule has 0 bridgehead atoms. The fourth-order valence-electron chi connectivity index (χ4n) is 1.82. The first-order chi connectivity index (χ1) is 7.29. The van der Waals surface area contributed by atoms with Crippen LogP contribution in [0.5, 0.6) is 0 Å². The molecule has 4 nitrogen and oxygen atoms in total. The number of hydrazine groups is 1. The number of hydrogen-bond donors (Lipinski definition) is 2. The van der Waals surface area contributed by atoms with Crippen molar-refractivity contribution in [1.82, 2.24) is 10.3 Å². The monoisotopic (exact) mass is 225 g/mol. The molecule has 0 aliphatic carbocycles. The summed E-state index contributed by atoms with van der Waals surface area (Å²) >= 11 is 1.52. The van der Waals surface area contributed by atoms with E-state index < -0.39 is 0 Å². The average Bonchev–Trinajstić information content (AvgIpc) is 2.88. The summed E-state index contributed by atoms with van der Waals surface area (Å²) in [6.45, 7) is 3.31. The Balaban J connectivity index is 1.97. The summed E-state index contributed by atoms with van der Waals surface area (Å²) in [6, 6.07) is 3.84. The van der Waals surface area contributed by atoms with E-state index >= 15 is 0 Å². The molecule has 1 amide bonds. The molecule has 2 rings (SSSR count). The maximum absolute atomic E-state index is 11.2. The van der Waals surface area contributed by atoms with E-state index in [1.54, 1.807) is 0 Å². The van der Waals surface area contributed by atoms with Gasteiger partial charge in [0.2, 0.25) is 0 Å². The molecule has 0 saturated carbocycles. The van der Waals surface area contributed by atoms with Crippen molar-refractivity contribution in [2.45, 2.75) is 19.4 Å². The Kier molecular flexibility index (Phi) is 3.35. The highest BCUT2D eigenvalue weighted by molar-refractivity contribution is 7.14. The topological polar surface area (TPSA) is 58.4 Å². The Labute approximate surface area is 93.0 Å². The molecule has 2 heterocycles. The molecule has 15 heavy (non-hydrogen) atoms. The maximum Gasteiger partial charge on any atom is 0.275 e. The molecule has 1 aliphatic heterocycles. The highest BCUT2D eigenvalue weighted by atomic mass is 32.1. The van der Waals surface area contributed by atoms with Crippen molar-refractivity contribution in [3.8, 4) is 0 Å². The summed E-state index contributed by atoms with van der Waals surface area (Å²) < 4.78 is 0. The quantitative estimate of drug-likeness (QED) is 0.457. The molecule has 1 aliphatic rings. The minimum atomic E-state index is -0.201. The van der Waals surface area contributed by atoms with E-state index in [1.165, 1.54) is 42.1 Å². The van der Waals surface area contributed by atoms with Crippen molar-refractivity contribution in [3.05, 3.63) is 21.9 Å². The maximum atomic E-state index is 11.2. The van der Waals surface area contributed by atoms with Crippen molar-refractivity contribution in [2.24, 2.45) is 5.84 Å². The molecule has 3 N–H and O–H groups in total. The third kappa shape index (κ3) is 2.56. The van der Waals surface area contributed by atoms with Crippen LogP contribution in [0.2, 0.25) is 0 Å². The summed E-state index contributed by atoms with van der Waals surface area (Å²) in [6.07, 6.45) is 2.59. The van der Waals surface area contributed by atoms with Gasteiger partial charge >= 0.3 is 0 Å². The standard InChI is InChI=1S/C10H15N3OS/c11-12-10(14)9-4-3-8(15-9)7-13-5-1-2-6-13/h3-4H,1-2,5-7,11H2,(H,12,14). The molecule has 82 valence electrons. The van der Waals surface area contributed by atoms with Crippen molar-refractivity contribution < 1.29 is 4.79 Å². The molecule has 5 heteroatoms. The van der Waals surface area contributed by atoms with Crippen LogP contribution in [0.4, 0.5) is 0 Å². The van der Waals surface area contributed by atoms with Crippen LogP contribution in [0.3, 0.4) is 0 Å². The molecule has 0 unspecified atom stereocenters. The number of carbonyl (C=O) groups is 1. The first-order valence-electron chi connectivity index (χ1n) is 5.11. The fourth-order valence-corrected chi connectivity index (χ4v) is 2.77. The van der Waals surface area contributed by atoms with Crippen LogP contribution >= 0.6 is 11.3 Å². The van der Waals surface area contributed by atoms with Crippen molar-refractivity contribution in [3.63, 3.8) is 0 Å². The molecule has 1 saturated heterocycles. The second-order valence-corrected chi connectivity index (χ2v) is 4.89. The Morgan fingerprint density at radius 1 is 1.47 bits per heavy atom. The molecule has 1 aromatic rings. The van der Waals surface area contributed by atoms with E-state index in [-0.39, 0.29) is 5.91 Å². The number of thiophene rings is 1. The van der Waals surface area contributed by atoms with E-state index in [2.05, 4.69) is 10.3 Å². The summed E-state index contributed by atoms with van der Waals surface area (Å²) in [5, 5.41) is 0. The number of nitrogens with zero attached hydrogens (tertiary/aromatic N) is 1. The minimum absolute atomic E-state index is 0.201. The summed E-state index contributed by atoms with van der Waals surface area (Å²) in [5.41, 5.74) is 2.15. The van der Waals surface area contributed by atoms with Gasteiger partial charge in [0.15, 0.2) is 0 Å². The van der Waals surface area contributed by atoms with Gasteiger partial charge in [0.1, 0.15) is 0 Å². The Morgan fingerprint density at radius 3 is 2.87 bits per heavy atom. The molecule has 0 aromatic carbocycles. The van der Waals surface area contributed by atoms with Crippen LogP contribution < -0.4 is 11.3 Å². The first kappa shape index (κ1) is 10.6. The Morgan fingerprint density at radius 2 is 2.20 bits per heavy atom. The predicted molar refractivity (Wildman–Crippen MR) is 60.5 cm³/mol. The van der Waals surface area contributed by atoms with Gasteiger partial charge in [-0.3, -0.25) is 15.1 Å². The smallest absolute Gasteiger partial charge is 0.275 e. The number of carbonyl (C=O) groups excluding carboxylic acids is 1. The van der Waals surface area contributed by atoms with Gasteiger partial charge in [-0.05, 0) is 38.1 Å². The van der Waals surface area contributed by atoms with E-state index in [0.717, 1.165) is 6.54 Å². The minimum Gasteiger partial charge on any atom is -0.298 e. The number of likely N-dealkylation sites (tertiary alicyclic amines) is 1. The molecular formula is C10H15N3OS. The van der Waals surface area contributed by atoms with Gasteiger partial charge < -0.3 is 0 Å². The lowest BCUT2D eigenvalue weighted by molar-refractivity contribution is 0.0957. The number of nitrogens with one attached hydrogen (secondary N) is 1. The van der Waals surface area contributed by atoms with Crippen molar-refractivity contribution >= 4 is 17.2 Å². The van der Waals surface area contributed by atoms with Crippen LogP contribution in [0.1, 0.15) is 27.4 Å². The third-order valence-corrected chi connectivity index (χ3v) is 3.66. The predicted octanol–water partition coefficient (Wildman–Crippen LogP) is 0.947. The normalized spacial score (nSPS) is 16.9. The fraction of sp³-hybridized carbons (Fsp3) is 0.500. The highest BCUT2D eigenvalue weighted by Crippen LogP contribution is 2.20. The van der Waals surface area contributed by atoms with Gasteiger partial charge in [-0.25, -0.2) is 5.84 Å². The van der Waals surface area contributed by atoms with Gasteiger partial charge in [0.25, 0.3) is 5.91 Å². The second-order valence-electron chi connectivity index (χ2n) is 3.72. The second kappa shape index (κ2) is 4.74. The lowest BCUT2D eigenvalue weighted by Gasteiger charge is -2.12. The number of nitrogen functional groups attached to an aromatic ring is 1. The molecule has 1 aromatic heterocycles. The summed E-state index contributed by atoms with van der Waals surface area (Å²) in [7, 11) is 0. The lowest BCUT2D eigenvalue weighted by atomic mass is 10.4. The largest absolute Gasteiger partial charge is 0.298 e. The van der Waals surface area contributed by atoms with Crippen LogP contribution in [-0.4, -0.2) is 23.9 Å². The first-order valence-corrected chi connectivity index (χ1v) is 5.93. The van der Waals surface area contributed by atoms with Crippen LogP contribution in [0, 0.1) is 0 Å². The summed E-state index contributed by atoms with van der Waals surface area (Å²) in [5.74, 6) is 4.87. The number of hydrogen-bond acceptors (Lipinski definition) is 4. The zero-order valence-corrected chi connectivity index (χ0v) is 9.35. The Bertz CT molecular complexity index is 344. The average molecular weight is 225 g/mol. The van der Waals surface area contributed by atoms with E-state index in [9.17, 15) is 4.79 Å². The van der Waals surface area contributed by atoms with Crippen molar-refractivity contribution in [1.29, 1.82) is 0 Å². The zero-order chi connectivity index (χ0) is 10.7. The molecule has 0 atom stereocenters. The molecule has 0 radical (unpaired) electrons. The number of nitrogens with two attached hydrogens (primary N) is 1. The van der Waals surface area contributed by atoms with E-state index in [1.807, 2.05) is 12.1 Å². The lowest BCUT2D eigenvalue weighted by Crippen LogP contribution is -2.29. The van der Waals surface area contributed by atoms with Gasteiger partial charge in [0, 0.05) is 11.4 Å². The highest BCUT2D eigenvalue weighted by Gasteiger charge is 2.14. The molecular weight excluding hydrogens is 210 g/mol. The van der Waals surface area contributed by atoms with Gasteiger partial charge in [-0.15, -0.1) is 11.3 Å². The summed E-state index contributed by atoms with van der Waals surface area (Å²) in [4.78, 5) is 15.6. The van der Waals surface area contributed by atoms with E-state index in [4.69, 9.17) is 5.84 Å². The number of rotatable bonds is 3. The number of amides is 1. The molecule has 1 fully saturated rings. The molecule has 0 spiro atoms. The van der Waals surface area contributed by atoms with E-state index in [0.29, 0.717) is 4.88 Å². The van der Waals surface area contributed by atoms with Gasteiger partial charge in [0.05, 0.1) is 4.88 Å². The van der Waals surface area contributed by atoms with Gasteiger partial charge in [-0.2, -0.15) is 0 Å². The Hall–Kier alpha value is -0.910. The van der Waals surface area contributed by atoms with Crippen LogP contribution in [0.25, 0.3) is 0 Å². The van der Waals surface area contributed by atoms with Crippen LogP contribution in [0.15, 0.2) is 12.1 Å². The third-order valence-electron chi connectivity index (χ3n) is 2.59. The van der Waals surface area contributed by atoms with Crippen molar-refractivity contribution in [2.75, 3.05) is 13.1 Å². The van der Waals surface area contributed by atoms with Gasteiger partial charge in [-0.1, -0.05) is 0 Å². The van der Waals surface area contributed by atoms with Crippen LogP contribution in [-0.2, 0) is 6.54 Å². The SMILES string of the molecule is NNC(=O)c1ccc(CN2CCCC2)s1. The zero-order valence-electron chi connectivity index (χ0n) is 8.53.